The highest BCUT2D eigenvalue weighted by Crippen LogP contribution is 2.26. The van der Waals surface area contributed by atoms with E-state index in [1.807, 2.05) is 51.1 Å². The smallest absolute Gasteiger partial charge is 0.251 e. The molecule has 0 aliphatic heterocycles. The summed E-state index contributed by atoms with van der Waals surface area (Å²) in [5.41, 5.74) is 7.97. The van der Waals surface area contributed by atoms with Crippen molar-refractivity contribution in [2.75, 3.05) is 10.6 Å². The van der Waals surface area contributed by atoms with Crippen LogP contribution in [0.25, 0.3) is 0 Å². The van der Waals surface area contributed by atoms with Crippen molar-refractivity contribution >= 4 is 21.6 Å². The van der Waals surface area contributed by atoms with Gasteiger partial charge in [-0.2, -0.15) is 0 Å². The number of fused-ring (bicyclic) bond motifs is 1. The van der Waals surface area contributed by atoms with Crippen LogP contribution in [0.15, 0.2) is 60.7 Å². The highest BCUT2D eigenvalue weighted by molar-refractivity contribution is 7.92. The summed E-state index contributed by atoms with van der Waals surface area (Å²) in [4.78, 5) is 12.9. The molecule has 3 aromatic carbocycles. The summed E-state index contributed by atoms with van der Waals surface area (Å²) < 4.78 is 26.5. The number of rotatable bonds is 7. The Kier molecular flexibility index (Phi) is 7.31. The van der Waals surface area contributed by atoms with Crippen molar-refractivity contribution < 1.29 is 13.2 Å². The molecule has 184 valence electrons. The van der Waals surface area contributed by atoms with E-state index < -0.39 is 10.0 Å². The van der Waals surface area contributed by atoms with Crippen LogP contribution >= 0.6 is 0 Å². The van der Waals surface area contributed by atoms with E-state index in [2.05, 4.69) is 23.5 Å². The van der Waals surface area contributed by atoms with Crippen molar-refractivity contribution in [2.45, 2.75) is 59.0 Å². The number of carbonyl (C=O) groups is 1. The molecule has 0 saturated carbocycles. The second-order valence-electron chi connectivity index (χ2n) is 9.74. The lowest BCUT2D eigenvalue weighted by atomic mass is 9.89. The number of benzene rings is 3. The molecule has 0 spiro atoms. The number of anilines is 1. The number of nitrogens with zero attached hydrogens (tertiary/aromatic N) is 1. The van der Waals surface area contributed by atoms with Gasteiger partial charge < -0.3 is 5.32 Å². The lowest BCUT2D eigenvalue weighted by Crippen LogP contribution is -2.29. The fourth-order valence-corrected chi connectivity index (χ4v) is 5.68. The Bertz CT molecular complexity index is 1310. The molecule has 0 radical (unpaired) electrons. The summed E-state index contributed by atoms with van der Waals surface area (Å²) in [7, 11) is -3.48. The van der Waals surface area contributed by atoms with Crippen LogP contribution in [-0.2, 0) is 29.4 Å². The lowest BCUT2D eigenvalue weighted by Gasteiger charge is -2.23. The fraction of sp³-hybridized carbons (Fsp3) is 0.345. The van der Waals surface area contributed by atoms with Crippen molar-refractivity contribution in [1.29, 1.82) is 0 Å². The van der Waals surface area contributed by atoms with Crippen molar-refractivity contribution in [3.05, 3.63) is 99.6 Å². The van der Waals surface area contributed by atoms with Gasteiger partial charge in [0, 0.05) is 5.56 Å². The molecule has 1 aliphatic carbocycles. The van der Waals surface area contributed by atoms with Gasteiger partial charge in [-0.25, -0.2) is 8.42 Å². The average molecular weight is 491 g/mol. The first-order valence-electron chi connectivity index (χ1n) is 12.2. The molecular formula is C29H34N2O3S. The number of nitrogens with one attached hydrogen (secondary N) is 1. The molecule has 5 nitrogen and oxygen atoms in total. The molecule has 6 heteroatoms. The molecule has 1 amide bonds. The molecule has 4 rings (SSSR count). The molecule has 3 aromatic rings. The first kappa shape index (κ1) is 25.0. The van der Waals surface area contributed by atoms with Gasteiger partial charge in [-0.05, 0) is 104 Å². The van der Waals surface area contributed by atoms with Crippen LogP contribution < -0.4 is 9.62 Å². The highest BCUT2D eigenvalue weighted by atomic mass is 32.2. The van der Waals surface area contributed by atoms with Crippen molar-refractivity contribution in [2.24, 2.45) is 0 Å². The van der Waals surface area contributed by atoms with Crippen LogP contribution in [0.5, 0.6) is 0 Å². The topological polar surface area (TPSA) is 66.5 Å². The number of carbonyl (C=O) groups excluding carboxylic acids is 1. The van der Waals surface area contributed by atoms with Gasteiger partial charge in [-0.1, -0.05) is 36.4 Å². The monoisotopic (exact) mass is 490 g/mol. The lowest BCUT2D eigenvalue weighted by molar-refractivity contribution is 0.0940. The predicted octanol–water partition coefficient (Wildman–Crippen LogP) is 5.64. The summed E-state index contributed by atoms with van der Waals surface area (Å²) in [5.74, 6) is -0.143. The third kappa shape index (κ3) is 6.12. The van der Waals surface area contributed by atoms with Gasteiger partial charge in [-0.15, -0.1) is 0 Å². The third-order valence-electron chi connectivity index (χ3n) is 6.66. The minimum absolute atomic E-state index is 0.0975. The van der Waals surface area contributed by atoms with Crippen LogP contribution in [0.1, 0.15) is 69.5 Å². The Balaban J connectivity index is 1.46. The molecule has 1 aliphatic rings. The fourth-order valence-electron chi connectivity index (χ4n) is 4.81. The summed E-state index contributed by atoms with van der Waals surface area (Å²) in [5, 5.41) is 3.10. The Morgan fingerprint density at radius 2 is 1.54 bits per heavy atom. The van der Waals surface area contributed by atoms with Gasteiger partial charge in [-0.3, -0.25) is 9.10 Å². The first-order valence-corrected chi connectivity index (χ1v) is 14.0. The second kappa shape index (κ2) is 10.2. The van der Waals surface area contributed by atoms with E-state index in [1.54, 1.807) is 12.1 Å². The number of hydrogen-bond acceptors (Lipinski definition) is 3. The van der Waals surface area contributed by atoms with Gasteiger partial charge in [0.25, 0.3) is 5.91 Å². The number of aryl methyl sites for hydroxylation is 4. The van der Waals surface area contributed by atoms with Crippen molar-refractivity contribution in [3.63, 3.8) is 0 Å². The van der Waals surface area contributed by atoms with E-state index >= 15 is 0 Å². The summed E-state index contributed by atoms with van der Waals surface area (Å²) in [6.45, 7) is 6.12. The van der Waals surface area contributed by atoms with E-state index in [9.17, 15) is 13.2 Å². The van der Waals surface area contributed by atoms with Gasteiger partial charge in [0.1, 0.15) is 0 Å². The maximum absolute atomic E-state index is 12.9. The maximum Gasteiger partial charge on any atom is 0.251 e. The van der Waals surface area contributed by atoms with Crippen LogP contribution in [0.3, 0.4) is 0 Å². The SMILES string of the molecule is Cc1cc(C)cc(N(Cc2ccc(C(=O)N[C@@H](C)c3ccc4c(c3)CCCC4)cc2)S(C)(=O)=O)c1. The first-order chi connectivity index (χ1) is 16.6. The van der Waals surface area contributed by atoms with Crippen LogP contribution in [0.2, 0.25) is 0 Å². The molecular weight excluding hydrogens is 456 g/mol. The van der Waals surface area contributed by atoms with Crippen molar-refractivity contribution in [1.82, 2.24) is 5.32 Å². The predicted molar refractivity (Wildman–Crippen MR) is 142 cm³/mol. The Labute approximate surface area is 209 Å². The zero-order valence-corrected chi connectivity index (χ0v) is 21.8. The Morgan fingerprint density at radius 3 is 2.17 bits per heavy atom. The highest BCUT2D eigenvalue weighted by Gasteiger charge is 2.19. The minimum atomic E-state index is -3.48. The maximum atomic E-state index is 12.9. The molecule has 0 unspecified atom stereocenters. The summed E-state index contributed by atoms with van der Waals surface area (Å²) >= 11 is 0. The standard InChI is InChI=1S/C29H34N2O3S/c1-20-15-21(2)17-28(16-20)31(35(4,33)34)19-23-9-11-25(12-10-23)29(32)30-22(3)26-14-13-24-7-5-6-8-27(24)18-26/h9-18,22H,5-8,19H2,1-4H3,(H,30,32)/t22-/m0/s1. The zero-order chi connectivity index (χ0) is 25.2. The summed E-state index contributed by atoms with van der Waals surface area (Å²) in [6, 6.07) is 19.4. The normalized spacial score (nSPS) is 14.2. The quantitative estimate of drug-likeness (QED) is 0.466. The number of sulfonamides is 1. The molecule has 1 N–H and O–H groups in total. The van der Waals surface area contributed by atoms with Gasteiger partial charge in [0.05, 0.1) is 24.5 Å². The Hall–Kier alpha value is -3.12. The van der Waals surface area contributed by atoms with Crippen LogP contribution in [0.4, 0.5) is 5.69 Å². The van der Waals surface area contributed by atoms with E-state index in [0.717, 1.165) is 35.1 Å². The molecule has 35 heavy (non-hydrogen) atoms. The molecule has 0 fully saturated rings. The van der Waals surface area contributed by atoms with E-state index in [1.165, 1.54) is 34.5 Å². The van der Waals surface area contributed by atoms with E-state index in [0.29, 0.717) is 11.3 Å². The molecule has 0 bridgehead atoms. The molecule has 0 aromatic heterocycles. The summed E-state index contributed by atoms with van der Waals surface area (Å²) in [6.07, 6.45) is 5.94. The largest absolute Gasteiger partial charge is 0.346 e. The number of amides is 1. The van der Waals surface area contributed by atoms with E-state index in [4.69, 9.17) is 0 Å². The van der Waals surface area contributed by atoms with Gasteiger partial charge >= 0.3 is 0 Å². The molecule has 0 heterocycles. The molecule has 0 saturated heterocycles. The minimum Gasteiger partial charge on any atom is -0.346 e. The van der Waals surface area contributed by atoms with Crippen molar-refractivity contribution in [3.8, 4) is 0 Å². The van der Waals surface area contributed by atoms with Gasteiger partial charge in [0.2, 0.25) is 10.0 Å². The molecule has 1 atom stereocenters. The number of hydrogen-bond donors (Lipinski definition) is 1. The van der Waals surface area contributed by atoms with Crippen LogP contribution in [0, 0.1) is 13.8 Å². The van der Waals surface area contributed by atoms with E-state index in [-0.39, 0.29) is 18.5 Å². The second-order valence-corrected chi connectivity index (χ2v) is 11.6. The zero-order valence-electron chi connectivity index (χ0n) is 21.0. The Morgan fingerprint density at radius 1 is 0.914 bits per heavy atom. The average Bonchev–Trinajstić information content (AvgIpc) is 2.81. The van der Waals surface area contributed by atoms with Gasteiger partial charge in [0.15, 0.2) is 0 Å². The third-order valence-corrected chi connectivity index (χ3v) is 7.80. The van der Waals surface area contributed by atoms with Crippen LogP contribution in [-0.4, -0.2) is 20.6 Å².